The topological polar surface area (TPSA) is 96.2 Å². The van der Waals surface area contributed by atoms with Crippen molar-refractivity contribution in [2.45, 2.75) is 19.4 Å². The Morgan fingerprint density at radius 2 is 2.11 bits per heavy atom. The largest absolute Gasteiger partial charge is 0.354 e. The standard InChI is InChI=1S/C19H19FN6O2/c1-12-22-18(28-25-12)16-3-2-9-21-17(16)26-10-8-15(11-26)24-19(27)23-14-6-4-13(20)5-7-14/h2-7,9,15H,8,10-11H2,1H3,(H2,23,24,27). The Hall–Kier alpha value is -3.49. The lowest BCUT2D eigenvalue weighted by atomic mass is 10.2. The fourth-order valence-electron chi connectivity index (χ4n) is 3.18. The predicted molar refractivity (Wildman–Crippen MR) is 101 cm³/mol. The number of nitrogens with zero attached hydrogens (tertiary/aromatic N) is 4. The molecule has 9 heteroatoms. The second-order valence-electron chi connectivity index (χ2n) is 6.56. The van der Waals surface area contributed by atoms with Crippen molar-refractivity contribution in [3.8, 4) is 11.5 Å². The van der Waals surface area contributed by atoms with Gasteiger partial charge in [0.05, 0.1) is 5.56 Å². The number of hydrogen-bond acceptors (Lipinski definition) is 6. The van der Waals surface area contributed by atoms with Crippen LogP contribution in [0, 0.1) is 12.7 Å². The molecule has 8 nitrogen and oxygen atoms in total. The van der Waals surface area contributed by atoms with Gasteiger partial charge in [-0.1, -0.05) is 5.16 Å². The maximum Gasteiger partial charge on any atom is 0.319 e. The molecule has 3 aromatic rings. The van der Waals surface area contributed by atoms with Crippen molar-refractivity contribution in [3.63, 3.8) is 0 Å². The van der Waals surface area contributed by atoms with Crippen LogP contribution in [0.25, 0.3) is 11.5 Å². The van der Waals surface area contributed by atoms with Crippen molar-refractivity contribution >= 4 is 17.5 Å². The molecule has 1 atom stereocenters. The van der Waals surface area contributed by atoms with E-state index in [2.05, 4.69) is 30.7 Å². The van der Waals surface area contributed by atoms with Gasteiger partial charge < -0.3 is 20.1 Å². The van der Waals surface area contributed by atoms with E-state index in [1.807, 2.05) is 12.1 Å². The highest BCUT2D eigenvalue weighted by atomic mass is 19.1. The van der Waals surface area contributed by atoms with Crippen molar-refractivity contribution in [1.29, 1.82) is 0 Å². The van der Waals surface area contributed by atoms with E-state index in [9.17, 15) is 9.18 Å². The number of rotatable bonds is 4. The Labute approximate surface area is 160 Å². The minimum absolute atomic E-state index is 0.0419. The van der Waals surface area contributed by atoms with Crippen LogP contribution in [0.1, 0.15) is 12.2 Å². The summed E-state index contributed by atoms with van der Waals surface area (Å²) in [4.78, 5) is 23.0. The molecule has 1 fully saturated rings. The molecule has 3 heterocycles. The van der Waals surface area contributed by atoms with Gasteiger partial charge in [-0.3, -0.25) is 0 Å². The van der Waals surface area contributed by atoms with Gasteiger partial charge >= 0.3 is 6.03 Å². The number of anilines is 2. The van der Waals surface area contributed by atoms with Gasteiger partial charge in [0.25, 0.3) is 5.89 Å². The first-order chi connectivity index (χ1) is 13.6. The summed E-state index contributed by atoms with van der Waals surface area (Å²) in [7, 11) is 0. The van der Waals surface area contributed by atoms with E-state index in [-0.39, 0.29) is 17.9 Å². The molecule has 0 bridgehead atoms. The van der Waals surface area contributed by atoms with E-state index in [4.69, 9.17) is 4.52 Å². The normalized spacial score (nSPS) is 16.2. The first-order valence-electron chi connectivity index (χ1n) is 8.92. The van der Waals surface area contributed by atoms with Gasteiger partial charge in [-0.25, -0.2) is 14.2 Å². The summed E-state index contributed by atoms with van der Waals surface area (Å²) in [6.45, 7) is 3.10. The zero-order valence-corrected chi connectivity index (χ0v) is 15.2. The molecule has 4 rings (SSSR count). The van der Waals surface area contributed by atoms with E-state index in [1.165, 1.54) is 24.3 Å². The molecule has 1 aromatic carbocycles. The number of urea groups is 1. The Kier molecular flexibility index (Phi) is 4.88. The maximum absolute atomic E-state index is 13.0. The molecule has 2 N–H and O–H groups in total. The fourth-order valence-corrected chi connectivity index (χ4v) is 3.18. The highest BCUT2D eigenvalue weighted by Crippen LogP contribution is 2.29. The van der Waals surface area contributed by atoms with Crippen LogP contribution >= 0.6 is 0 Å². The van der Waals surface area contributed by atoms with Crippen molar-refractivity contribution in [2.75, 3.05) is 23.3 Å². The SMILES string of the molecule is Cc1noc(-c2cccnc2N2CCC(NC(=O)Nc3ccc(F)cc3)C2)n1. The van der Waals surface area contributed by atoms with E-state index in [1.54, 1.807) is 13.1 Å². The molecular weight excluding hydrogens is 363 g/mol. The van der Waals surface area contributed by atoms with Crippen LogP contribution < -0.4 is 15.5 Å². The molecule has 0 spiro atoms. The molecule has 28 heavy (non-hydrogen) atoms. The minimum atomic E-state index is -0.347. The van der Waals surface area contributed by atoms with Crippen LogP contribution in [0.5, 0.6) is 0 Å². The van der Waals surface area contributed by atoms with Crippen LogP contribution in [0.4, 0.5) is 20.7 Å². The highest BCUT2D eigenvalue weighted by Gasteiger charge is 2.27. The molecule has 1 unspecified atom stereocenters. The summed E-state index contributed by atoms with van der Waals surface area (Å²) >= 11 is 0. The number of hydrogen-bond donors (Lipinski definition) is 2. The number of aromatic nitrogens is 3. The molecule has 0 saturated carbocycles. The van der Waals surface area contributed by atoms with Gasteiger partial charge in [0.2, 0.25) is 0 Å². The van der Waals surface area contributed by atoms with Gasteiger partial charge in [-0.2, -0.15) is 4.98 Å². The quantitative estimate of drug-likeness (QED) is 0.720. The summed E-state index contributed by atoms with van der Waals surface area (Å²) in [6.07, 6.45) is 2.49. The van der Waals surface area contributed by atoms with Gasteiger partial charge in [0, 0.05) is 31.0 Å². The number of benzene rings is 1. The Morgan fingerprint density at radius 1 is 1.29 bits per heavy atom. The number of amides is 2. The number of nitrogens with one attached hydrogen (secondary N) is 2. The van der Waals surface area contributed by atoms with Crippen LogP contribution in [-0.2, 0) is 0 Å². The van der Waals surface area contributed by atoms with Crippen molar-refractivity contribution in [3.05, 3.63) is 54.2 Å². The molecular formula is C19H19FN6O2. The Balaban J connectivity index is 1.41. The third-order valence-corrected chi connectivity index (χ3v) is 4.47. The minimum Gasteiger partial charge on any atom is -0.354 e. The average Bonchev–Trinajstić information content (AvgIpc) is 3.33. The molecule has 0 aliphatic carbocycles. The molecule has 2 aromatic heterocycles. The summed E-state index contributed by atoms with van der Waals surface area (Å²) in [5.74, 6) is 1.38. The maximum atomic E-state index is 13.0. The van der Waals surface area contributed by atoms with Crippen molar-refractivity contribution < 1.29 is 13.7 Å². The van der Waals surface area contributed by atoms with E-state index in [0.717, 1.165) is 24.3 Å². The fraction of sp³-hybridized carbons (Fsp3) is 0.263. The lowest BCUT2D eigenvalue weighted by Gasteiger charge is -2.19. The third kappa shape index (κ3) is 3.93. The van der Waals surface area contributed by atoms with E-state index in [0.29, 0.717) is 23.9 Å². The first-order valence-corrected chi connectivity index (χ1v) is 8.92. The van der Waals surface area contributed by atoms with Gasteiger partial charge in [-0.05, 0) is 49.7 Å². The van der Waals surface area contributed by atoms with Crippen LogP contribution in [-0.4, -0.2) is 40.3 Å². The third-order valence-electron chi connectivity index (χ3n) is 4.47. The summed E-state index contributed by atoms with van der Waals surface area (Å²) in [5, 5.41) is 9.49. The Bertz CT molecular complexity index is 975. The lowest BCUT2D eigenvalue weighted by molar-refractivity contribution is 0.249. The van der Waals surface area contributed by atoms with Gasteiger partial charge in [-0.15, -0.1) is 0 Å². The summed E-state index contributed by atoms with van der Waals surface area (Å²) in [6, 6.07) is 8.97. The van der Waals surface area contributed by atoms with E-state index >= 15 is 0 Å². The first kappa shape index (κ1) is 17.9. The number of carbonyl (C=O) groups excluding carboxylic acids is 1. The molecule has 1 aliphatic rings. The zero-order chi connectivity index (χ0) is 19.5. The monoisotopic (exact) mass is 382 g/mol. The summed E-state index contributed by atoms with van der Waals surface area (Å²) < 4.78 is 18.2. The van der Waals surface area contributed by atoms with Crippen LogP contribution in [0.15, 0.2) is 47.1 Å². The molecule has 0 radical (unpaired) electrons. The molecule has 2 amide bonds. The second-order valence-corrected chi connectivity index (χ2v) is 6.56. The van der Waals surface area contributed by atoms with E-state index < -0.39 is 0 Å². The highest BCUT2D eigenvalue weighted by molar-refractivity contribution is 5.89. The number of aryl methyl sites for hydroxylation is 1. The number of halogens is 1. The van der Waals surface area contributed by atoms with Crippen LogP contribution in [0.3, 0.4) is 0 Å². The van der Waals surface area contributed by atoms with Gasteiger partial charge in [0.15, 0.2) is 5.82 Å². The van der Waals surface area contributed by atoms with Crippen LogP contribution in [0.2, 0.25) is 0 Å². The zero-order valence-electron chi connectivity index (χ0n) is 15.2. The van der Waals surface area contributed by atoms with Crippen molar-refractivity contribution in [2.24, 2.45) is 0 Å². The predicted octanol–water partition coefficient (Wildman–Crippen LogP) is 2.98. The summed E-state index contributed by atoms with van der Waals surface area (Å²) in [5.41, 5.74) is 1.30. The smallest absolute Gasteiger partial charge is 0.319 e. The number of carbonyl (C=O) groups is 1. The van der Waals surface area contributed by atoms with Gasteiger partial charge in [0.1, 0.15) is 11.6 Å². The molecule has 144 valence electrons. The van der Waals surface area contributed by atoms with Crippen molar-refractivity contribution in [1.82, 2.24) is 20.4 Å². The Morgan fingerprint density at radius 3 is 2.86 bits per heavy atom. The average molecular weight is 382 g/mol. The lowest BCUT2D eigenvalue weighted by Crippen LogP contribution is -2.39. The molecule has 1 aliphatic heterocycles. The number of pyridine rings is 1. The molecule has 1 saturated heterocycles. The second kappa shape index (κ2) is 7.63.